The van der Waals surface area contributed by atoms with E-state index >= 15 is 0 Å². The number of hydrogen-bond acceptors (Lipinski definition) is 3. The van der Waals surface area contributed by atoms with Crippen molar-refractivity contribution in [2.75, 3.05) is 5.32 Å². The van der Waals surface area contributed by atoms with Gasteiger partial charge in [0, 0.05) is 0 Å². The highest BCUT2D eigenvalue weighted by Crippen LogP contribution is 2.30. The lowest BCUT2D eigenvalue weighted by molar-refractivity contribution is 0.0992. The van der Waals surface area contributed by atoms with Gasteiger partial charge in [-0.1, -0.05) is 41.4 Å². The average Bonchev–Trinajstić information content (AvgIpc) is 3.06. The van der Waals surface area contributed by atoms with Crippen molar-refractivity contribution < 1.29 is 13.9 Å². The highest BCUT2D eigenvalue weighted by Gasteiger charge is 2.15. The maximum atomic E-state index is 12.3. The number of hydrogen-bond donors (Lipinski definition) is 1. The van der Waals surface area contributed by atoms with Gasteiger partial charge in [0.1, 0.15) is 18.1 Å². The number of furan rings is 1. The molecule has 1 amide bonds. The molecule has 0 saturated heterocycles. The summed E-state index contributed by atoms with van der Waals surface area (Å²) in [6.45, 7) is 0.197. The van der Waals surface area contributed by atoms with Crippen molar-refractivity contribution in [2.24, 2.45) is 0 Å². The Hall–Kier alpha value is -1.95. The second kappa shape index (κ2) is 7.95. The minimum absolute atomic E-state index is 0.140. The summed E-state index contributed by atoms with van der Waals surface area (Å²) in [5, 5.41) is 3.35. The van der Waals surface area contributed by atoms with E-state index in [1.165, 1.54) is 0 Å². The number of rotatable bonds is 5. The van der Waals surface area contributed by atoms with Crippen LogP contribution in [0.5, 0.6) is 5.75 Å². The summed E-state index contributed by atoms with van der Waals surface area (Å²) in [4.78, 5) is 12.3. The van der Waals surface area contributed by atoms with Crippen molar-refractivity contribution in [1.29, 1.82) is 0 Å². The Labute approximate surface area is 162 Å². The van der Waals surface area contributed by atoms with Gasteiger partial charge in [-0.15, -0.1) is 0 Å². The van der Waals surface area contributed by atoms with E-state index in [-0.39, 0.29) is 12.4 Å². The summed E-state index contributed by atoms with van der Waals surface area (Å²) >= 11 is 15.5. The first kappa shape index (κ1) is 17.9. The molecule has 0 aliphatic rings. The Bertz CT molecular complexity index is 891. The van der Waals surface area contributed by atoms with E-state index in [1.54, 1.807) is 30.3 Å². The van der Waals surface area contributed by atoms with Crippen LogP contribution in [0.2, 0.25) is 10.0 Å². The van der Waals surface area contributed by atoms with E-state index < -0.39 is 5.91 Å². The molecule has 0 unspecified atom stereocenters. The molecular formula is C18H12BrCl2NO3. The maximum Gasteiger partial charge on any atom is 0.291 e. The number of ether oxygens (including phenoxy) is 1. The number of nitrogens with one attached hydrogen (secondary N) is 1. The van der Waals surface area contributed by atoms with Crippen LogP contribution in [0.25, 0.3) is 0 Å². The molecule has 1 aromatic heterocycles. The van der Waals surface area contributed by atoms with Crippen LogP contribution in [0.4, 0.5) is 5.69 Å². The Morgan fingerprint density at radius 3 is 2.48 bits per heavy atom. The van der Waals surface area contributed by atoms with Crippen molar-refractivity contribution >= 4 is 50.7 Å². The van der Waals surface area contributed by atoms with E-state index in [1.807, 2.05) is 24.3 Å². The lowest BCUT2D eigenvalue weighted by atomic mass is 10.3. The number of para-hydroxylation sites is 2. The van der Waals surface area contributed by atoms with E-state index in [0.29, 0.717) is 27.2 Å². The number of anilines is 1. The highest BCUT2D eigenvalue weighted by molar-refractivity contribution is 9.10. The number of amides is 1. The zero-order valence-corrected chi connectivity index (χ0v) is 15.9. The molecule has 0 atom stereocenters. The predicted molar refractivity (Wildman–Crippen MR) is 102 cm³/mol. The van der Waals surface area contributed by atoms with Crippen LogP contribution in [-0.4, -0.2) is 5.91 Å². The van der Waals surface area contributed by atoms with Crippen LogP contribution in [0.15, 0.2) is 63.5 Å². The zero-order valence-electron chi connectivity index (χ0n) is 12.8. The minimum atomic E-state index is -0.442. The first-order valence-corrected chi connectivity index (χ1v) is 8.81. The SMILES string of the molecule is O=C(Nc1c(Cl)cccc1Cl)c1ccc(COc2ccccc2Br)o1. The molecule has 1 heterocycles. The van der Waals surface area contributed by atoms with E-state index in [9.17, 15) is 4.79 Å². The predicted octanol–water partition coefficient (Wildman–Crippen LogP) is 6.18. The number of carbonyl (C=O) groups is 1. The molecule has 3 aromatic rings. The van der Waals surface area contributed by atoms with Crippen molar-refractivity contribution in [3.05, 3.63) is 80.6 Å². The highest BCUT2D eigenvalue weighted by atomic mass is 79.9. The third-order valence-electron chi connectivity index (χ3n) is 3.29. The fourth-order valence-electron chi connectivity index (χ4n) is 2.08. The summed E-state index contributed by atoms with van der Waals surface area (Å²) in [5.41, 5.74) is 0.346. The summed E-state index contributed by atoms with van der Waals surface area (Å²) in [7, 11) is 0. The number of carbonyl (C=O) groups excluding carboxylic acids is 1. The van der Waals surface area contributed by atoms with E-state index in [0.717, 1.165) is 4.47 Å². The van der Waals surface area contributed by atoms with Gasteiger partial charge in [0.25, 0.3) is 5.91 Å². The van der Waals surface area contributed by atoms with Crippen molar-refractivity contribution in [2.45, 2.75) is 6.61 Å². The molecule has 0 bridgehead atoms. The Morgan fingerprint density at radius 1 is 1.04 bits per heavy atom. The van der Waals surface area contributed by atoms with E-state index in [4.69, 9.17) is 32.4 Å². The fourth-order valence-corrected chi connectivity index (χ4v) is 2.97. The summed E-state index contributed by atoms with van der Waals surface area (Å²) < 4.78 is 12.0. The molecule has 3 rings (SSSR count). The molecule has 0 fully saturated rings. The quantitative estimate of drug-likeness (QED) is 0.515. The minimum Gasteiger partial charge on any atom is -0.484 e. The van der Waals surface area contributed by atoms with Gasteiger partial charge in [-0.05, 0) is 52.3 Å². The summed E-state index contributed by atoms with van der Waals surface area (Å²) in [6.07, 6.45) is 0. The van der Waals surface area contributed by atoms with Crippen LogP contribution in [0.3, 0.4) is 0 Å². The Balaban J connectivity index is 1.67. The maximum absolute atomic E-state index is 12.3. The second-order valence-electron chi connectivity index (χ2n) is 5.04. The largest absolute Gasteiger partial charge is 0.484 e. The van der Waals surface area contributed by atoms with Crippen molar-refractivity contribution in [1.82, 2.24) is 0 Å². The Morgan fingerprint density at radius 2 is 1.76 bits per heavy atom. The normalized spacial score (nSPS) is 10.5. The summed E-state index contributed by atoms with van der Waals surface area (Å²) in [5.74, 6) is 0.905. The van der Waals surface area contributed by atoms with Gasteiger partial charge in [0.15, 0.2) is 5.76 Å². The molecule has 0 spiro atoms. The first-order chi connectivity index (χ1) is 12.0. The number of benzene rings is 2. The third-order valence-corrected chi connectivity index (χ3v) is 4.58. The first-order valence-electron chi connectivity index (χ1n) is 7.26. The molecule has 25 heavy (non-hydrogen) atoms. The summed E-state index contributed by atoms with van der Waals surface area (Å²) in [6, 6.07) is 15.7. The van der Waals surface area contributed by atoms with Crippen molar-refractivity contribution in [3.63, 3.8) is 0 Å². The van der Waals surface area contributed by atoms with Gasteiger partial charge in [-0.25, -0.2) is 0 Å². The van der Waals surface area contributed by atoms with Crippen LogP contribution < -0.4 is 10.1 Å². The van der Waals surface area contributed by atoms with Crippen LogP contribution in [-0.2, 0) is 6.61 Å². The van der Waals surface area contributed by atoms with Gasteiger partial charge in [-0.2, -0.15) is 0 Å². The zero-order chi connectivity index (χ0) is 17.8. The van der Waals surface area contributed by atoms with Gasteiger partial charge >= 0.3 is 0 Å². The molecule has 4 nitrogen and oxygen atoms in total. The molecule has 7 heteroatoms. The standard InChI is InChI=1S/C18H12BrCl2NO3/c19-12-4-1-2-7-15(12)24-10-11-8-9-16(25-11)18(23)22-17-13(20)5-3-6-14(17)21/h1-9H,10H2,(H,22,23). The smallest absolute Gasteiger partial charge is 0.291 e. The van der Waals surface area contributed by atoms with Gasteiger partial charge in [0.05, 0.1) is 20.2 Å². The second-order valence-corrected chi connectivity index (χ2v) is 6.70. The topological polar surface area (TPSA) is 51.5 Å². The van der Waals surface area contributed by atoms with Crippen LogP contribution >= 0.6 is 39.1 Å². The van der Waals surface area contributed by atoms with Crippen molar-refractivity contribution in [3.8, 4) is 5.75 Å². The molecule has 0 saturated carbocycles. The molecule has 0 aliphatic heterocycles. The molecule has 1 N–H and O–H groups in total. The Kier molecular flexibility index (Phi) is 5.68. The molecule has 128 valence electrons. The van der Waals surface area contributed by atoms with E-state index in [2.05, 4.69) is 21.2 Å². The number of halogens is 3. The molecule has 0 radical (unpaired) electrons. The third kappa shape index (κ3) is 4.37. The van der Waals surface area contributed by atoms with Crippen LogP contribution in [0.1, 0.15) is 16.3 Å². The van der Waals surface area contributed by atoms with Gasteiger partial charge in [0.2, 0.25) is 0 Å². The molecule has 0 aliphatic carbocycles. The molecule has 2 aromatic carbocycles. The molecular weight excluding hydrogens is 429 g/mol. The lowest BCUT2D eigenvalue weighted by Crippen LogP contribution is -2.11. The monoisotopic (exact) mass is 439 g/mol. The van der Waals surface area contributed by atoms with Gasteiger partial charge < -0.3 is 14.5 Å². The van der Waals surface area contributed by atoms with Crippen LogP contribution in [0, 0.1) is 0 Å². The fraction of sp³-hybridized carbons (Fsp3) is 0.0556. The van der Waals surface area contributed by atoms with Gasteiger partial charge in [-0.3, -0.25) is 4.79 Å². The lowest BCUT2D eigenvalue weighted by Gasteiger charge is -2.08. The average molecular weight is 441 g/mol.